The van der Waals surface area contributed by atoms with Crippen LogP contribution in [-0.4, -0.2) is 29.7 Å². The molecule has 10 rings (SSSR count). The molecule has 0 bridgehead atoms. The largest absolute Gasteiger partial charge is 0.273 e. The Hall–Kier alpha value is -6.82. The van der Waals surface area contributed by atoms with Crippen molar-refractivity contribution in [3.8, 4) is 33.6 Å². The highest BCUT2D eigenvalue weighted by Gasteiger charge is 2.50. The van der Waals surface area contributed by atoms with E-state index in [-0.39, 0.29) is 0 Å². The molecule has 0 N–H and O–H groups in total. The van der Waals surface area contributed by atoms with Crippen LogP contribution in [0.1, 0.15) is 6.92 Å². The van der Waals surface area contributed by atoms with Gasteiger partial charge in [0.25, 0.3) is 0 Å². The van der Waals surface area contributed by atoms with Gasteiger partial charge in [-0.05, 0) is 102 Å². The molecule has 0 amide bonds. The van der Waals surface area contributed by atoms with E-state index in [1.54, 1.807) is 0 Å². The molecule has 1 aliphatic heterocycles. The van der Waals surface area contributed by atoms with Gasteiger partial charge in [0.15, 0.2) is 8.07 Å². The predicted octanol–water partition coefficient (Wildman–Crippen LogP) is 9.97. The molecular formula is C49H34N4Si. The third-order valence-corrected chi connectivity index (χ3v) is 15.8. The number of para-hydroxylation sites is 2. The van der Waals surface area contributed by atoms with Gasteiger partial charge in [-0.15, -0.1) is 0 Å². The molecule has 0 aliphatic carbocycles. The van der Waals surface area contributed by atoms with E-state index in [9.17, 15) is 0 Å². The van der Waals surface area contributed by atoms with Gasteiger partial charge in [0.1, 0.15) is 0 Å². The molecule has 9 aromatic rings. The molecule has 54 heavy (non-hydrogen) atoms. The van der Waals surface area contributed by atoms with Gasteiger partial charge in [0.2, 0.25) is 0 Å². The fourth-order valence-corrected chi connectivity index (χ4v) is 14.0. The highest BCUT2D eigenvalue weighted by molar-refractivity contribution is 7.19. The summed E-state index contributed by atoms with van der Waals surface area (Å²) in [6.45, 7) is 5.99. The molecule has 2 aromatic heterocycles. The van der Waals surface area contributed by atoms with Crippen LogP contribution in [0.5, 0.6) is 0 Å². The van der Waals surface area contributed by atoms with Gasteiger partial charge in [0.05, 0.1) is 22.4 Å². The number of nitrogens with zero attached hydrogens (tertiary/aromatic N) is 4. The Morgan fingerprint density at radius 3 is 2.04 bits per heavy atom. The summed E-state index contributed by atoms with van der Waals surface area (Å²) >= 11 is 0. The van der Waals surface area contributed by atoms with Crippen LogP contribution in [-0.2, 0) is 0 Å². The van der Waals surface area contributed by atoms with Gasteiger partial charge in [0, 0.05) is 29.7 Å². The Balaban J connectivity index is 1.31. The number of pyridine rings is 1. The summed E-state index contributed by atoms with van der Waals surface area (Å²) in [5.74, 6) is 0. The number of fused-ring (bicyclic) bond motifs is 11. The summed E-state index contributed by atoms with van der Waals surface area (Å²) in [5, 5.41) is 12.4. The average Bonchev–Trinajstić information content (AvgIpc) is 3.54. The molecule has 3 heterocycles. The van der Waals surface area contributed by atoms with Crippen LogP contribution in [0.25, 0.3) is 77.0 Å². The van der Waals surface area contributed by atoms with Gasteiger partial charge in [-0.25, -0.2) is 9.97 Å². The molecule has 7 aromatic carbocycles. The molecule has 0 saturated carbocycles. The lowest BCUT2D eigenvalue weighted by molar-refractivity contribution is 1.29. The molecule has 254 valence electrons. The van der Waals surface area contributed by atoms with Gasteiger partial charge in [-0.3, -0.25) is 9.98 Å². The normalized spacial score (nSPS) is 15.3. The molecular weight excluding hydrogens is 673 g/mol. The Morgan fingerprint density at radius 1 is 0.611 bits per heavy atom. The number of aromatic nitrogens is 3. The minimum Gasteiger partial charge on any atom is -0.273 e. The summed E-state index contributed by atoms with van der Waals surface area (Å²) in [6.07, 6.45) is 10.2. The lowest BCUT2D eigenvalue weighted by atomic mass is 9.88. The summed E-state index contributed by atoms with van der Waals surface area (Å²) in [7, 11) is -2.84. The second-order valence-electron chi connectivity index (χ2n) is 13.8. The lowest BCUT2D eigenvalue weighted by Crippen LogP contribution is -2.66. The number of allylic oxidation sites excluding steroid dienone is 3. The SMILES string of the molecule is C=N/C=C(\C=C/C)[Si]1(c2cccnc2)c2ccccc2-c2c1ccc1c3ccc(-c4nc5ccccc5nc4-c4ccccc4)cc3c3ccccc3c21. The average molecular weight is 707 g/mol. The second kappa shape index (κ2) is 12.7. The number of hydrogen-bond acceptors (Lipinski definition) is 4. The summed E-state index contributed by atoms with van der Waals surface area (Å²) < 4.78 is 0. The number of rotatable bonds is 6. The van der Waals surface area contributed by atoms with Gasteiger partial charge in [-0.2, -0.15) is 0 Å². The van der Waals surface area contributed by atoms with E-state index < -0.39 is 8.07 Å². The van der Waals surface area contributed by atoms with Crippen molar-refractivity contribution in [3.05, 3.63) is 182 Å². The highest BCUT2D eigenvalue weighted by Crippen LogP contribution is 2.44. The van der Waals surface area contributed by atoms with Crippen LogP contribution < -0.4 is 15.6 Å². The quantitative estimate of drug-likeness (QED) is 0.0749. The third-order valence-electron chi connectivity index (χ3n) is 11.0. The molecule has 4 nitrogen and oxygen atoms in total. The van der Waals surface area contributed by atoms with Gasteiger partial charge >= 0.3 is 0 Å². The van der Waals surface area contributed by atoms with E-state index in [0.717, 1.165) is 33.5 Å². The zero-order chi connectivity index (χ0) is 36.2. The van der Waals surface area contributed by atoms with Crippen molar-refractivity contribution in [1.29, 1.82) is 0 Å². The molecule has 5 heteroatoms. The van der Waals surface area contributed by atoms with Gasteiger partial charge in [-0.1, -0.05) is 133 Å². The molecule has 0 fully saturated rings. The summed E-state index contributed by atoms with van der Waals surface area (Å²) in [6, 6.07) is 52.2. The fourth-order valence-electron chi connectivity index (χ4n) is 8.87. The zero-order valence-corrected chi connectivity index (χ0v) is 30.7. The number of hydrogen-bond donors (Lipinski definition) is 0. The monoisotopic (exact) mass is 706 g/mol. The van der Waals surface area contributed by atoms with Crippen molar-refractivity contribution in [2.45, 2.75) is 6.92 Å². The minimum absolute atomic E-state index is 0.875. The first-order chi connectivity index (χ1) is 26.7. The van der Waals surface area contributed by atoms with Crippen molar-refractivity contribution in [3.63, 3.8) is 0 Å². The van der Waals surface area contributed by atoms with E-state index in [4.69, 9.17) is 9.97 Å². The Bertz CT molecular complexity index is 3000. The maximum absolute atomic E-state index is 5.25. The molecule has 0 spiro atoms. The summed E-state index contributed by atoms with van der Waals surface area (Å²) in [5.41, 5.74) is 8.17. The van der Waals surface area contributed by atoms with E-state index in [1.807, 2.05) is 42.7 Å². The van der Waals surface area contributed by atoms with Crippen LogP contribution in [0.3, 0.4) is 0 Å². The van der Waals surface area contributed by atoms with Crippen molar-refractivity contribution in [2.75, 3.05) is 0 Å². The van der Waals surface area contributed by atoms with Crippen LogP contribution in [0.2, 0.25) is 0 Å². The topological polar surface area (TPSA) is 51.0 Å². The van der Waals surface area contributed by atoms with E-state index in [2.05, 4.69) is 157 Å². The molecule has 0 saturated heterocycles. The third kappa shape index (κ3) is 4.62. The van der Waals surface area contributed by atoms with Crippen molar-refractivity contribution >= 4 is 73.7 Å². The Morgan fingerprint density at radius 2 is 1.28 bits per heavy atom. The zero-order valence-electron chi connectivity index (χ0n) is 29.7. The van der Waals surface area contributed by atoms with Crippen molar-refractivity contribution in [1.82, 2.24) is 15.0 Å². The van der Waals surface area contributed by atoms with E-state index >= 15 is 0 Å². The first-order valence-electron chi connectivity index (χ1n) is 18.3. The fraction of sp³-hybridized carbons (Fsp3) is 0.0204. The number of benzene rings is 7. The van der Waals surface area contributed by atoms with E-state index in [0.29, 0.717) is 0 Å². The molecule has 1 atom stereocenters. The number of aliphatic imine (C=N–C) groups is 1. The molecule has 0 radical (unpaired) electrons. The maximum Gasteiger partial charge on any atom is 0.183 e. The standard InChI is InChI=1S/C49H34N4Si/c1-3-14-34(30-50-2)54(35-17-13-28-51-31-35)44-23-12-9-20-40(44)47-45(54)27-26-39-37-25-24-33(29-41(37)36-18-7-8-19-38(36)46(39)47)49-48(32-15-5-4-6-16-32)52-42-21-10-11-22-43(42)53-49/h3-31H,2H2,1H3/b14-3-,34-30+. The van der Waals surface area contributed by atoms with Crippen LogP contribution in [0.15, 0.2) is 187 Å². The van der Waals surface area contributed by atoms with Gasteiger partial charge < -0.3 is 0 Å². The minimum atomic E-state index is -2.84. The predicted molar refractivity (Wildman–Crippen MR) is 230 cm³/mol. The second-order valence-corrected chi connectivity index (χ2v) is 17.5. The molecule has 1 unspecified atom stereocenters. The van der Waals surface area contributed by atoms with Crippen LogP contribution in [0, 0.1) is 0 Å². The van der Waals surface area contributed by atoms with Crippen molar-refractivity contribution < 1.29 is 0 Å². The Labute approximate surface area is 314 Å². The first kappa shape index (κ1) is 31.9. The molecule has 1 aliphatic rings. The van der Waals surface area contributed by atoms with Crippen LogP contribution in [0.4, 0.5) is 0 Å². The Kier molecular flexibility index (Phi) is 7.49. The first-order valence-corrected chi connectivity index (χ1v) is 20.3. The highest BCUT2D eigenvalue weighted by atomic mass is 28.3. The van der Waals surface area contributed by atoms with Crippen LogP contribution >= 0.6 is 0 Å². The van der Waals surface area contributed by atoms with Crippen molar-refractivity contribution in [2.24, 2.45) is 4.99 Å². The summed E-state index contributed by atoms with van der Waals surface area (Å²) in [4.78, 5) is 19.5. The maximum atomic E-state index is 5.25. The smallest absolute Gasteiger partial charge is 0.183 e. The van der Waals surface area contributed by atoms with E-state index in [1.165, 1.54) is 64.2 Å². The lowest BCUT2D eigenvalue weighted by Gasteiger charge is -2.31.